The number of rotatable bonds is 4. The zero-order valence-corrected chi connectivity index (χ0v) is 15.3. The van der Waals surface area contributed by atoms with Gasteiger partial charge in [-0.15, -0.1) is 0 Å². The molecule has 1 amide bonds. The number of nitrogens with zero attached hydrogens (tertiary/aromatic N) is 2. The Balaban J connectivity index is 1.68. The van der Waals surface area contributed by atoms with Crippen molar-refractivity contribution >= 4 is 17.6 Å². The number of likely N-dealkylation sites (tertiary alicyclic amines) is 1. The lowest BCUT2D eigenvalue weighted by atomic mass is 9.89. The second-order valence-electron chi connectivity index (χ2n) is 6.94. The Kier molecular flexibility index (Phi) is 4.79. The van der Waals surface area contributed by atoms with Gasteiger partial charge < -0.3 is 19.5 Å². The third-order valence-electron chi connectivity index (χ3n) is 5.24. The van der Waals surface area contributed by atoms with Crippen LogP contribution >= 0.6 is 0 Å². The molecule has 0 saturated carbocycles. The van der Waals surface area contributed by atoms with Crippen LogP contribution in [0.15, 0.2) is 42.5 Å². The van der Waals surface area contributed by atoms with Crippen LogP contribution in [-0.2, 0) is 4.79 Å². The molecule has 2 aliphatic heterocycles. The molecule has 0 radical (unpaired) electrons. The molecule has 0 spiro atoms. The SMILES string of the molecule is O=C(O)C1CN(C(=O)c2cc3c(cc2[N+](=O)[O-])OCCO3)CC1c1ccccc1. The molecule has 1 saturated heterocycles. The Bertz CT molecular complexity index is 976. The van der Waals surface area contributed by atoms with Crippen molar-refractivity contribution in [2.75, 3.05) is 26.3 Å². The molecule has 4 rings (SSSR count). The van der Waals surface area contributed by atoms with E-state index in [0.717, 1.165) is 5.56 Å². The van der Waals surface area contributed by atoms with E-state index in [0.29, 0.717) is 0 Å². The number of amides is 1. The predicted octanol–water partition coefficient (Wildman–Crippen LogP) is 2.31. The molecule has 2 aromatic carbocycles. The minimum absolute atomic E-state index is 0.0284. The van der Waals surface area contributed by atoms with Crippen LogP contribution in [0, 0.1) is 16.0 Å². The molecule has 0 aromatic heterocycles. The summed E-state index contributed by atoms with van der Waals surface area (Å²) < 4.78 is 10.8. The second kappa shape index (κ2) is 7.42. The minimum atomic E-state index is -1.01. The summed E-state index contributed by atoms with van der Waals surface area (Å²) in [5, 5.41) is 21.2. The van der Waals surface area contributed by atoms with E-state index >= 15 is 0 Å². The smallest absolute Gasteiger partial charge is 0.308 e. The van der Waals surface area contributed by atoms with E-state index in [-0.39, 0.29) is 43.4 Å². The maximum Gasteiger partial charge on any atom is 0.308 e. The Morgan fingerprint density at radius 2 is 1.72 bits per heavy atom. The molecule has 9 heteroatoms. The number of carboxylic acid groups (broad SMARTS) is 1. The van der Waals surface area contributed by atoms with Crippen molar-refractivity contribution in [3.63, 3.8) is 0 Å². The van der Waals surface area contributed by atoms with Gasteiger partial charge >= 0.3 is 5.97 Å². The van der Waals surface area contributed by atoms with Gasteiger partial charge in [-0.05, 0) is 5.56 Å². The van der Waals surface area contributed by atoms with E-state index < -0.39 is 34.3 Å². The first-order valence-electron chi connectivity index (χ1n) is 9.10. The van der Waals surface area contributed by atoms with Crippen LogP contribution in [0.3, 0.4) is 0 Å². The van der Waals surface area contributed by atoms with Crippen molar-refractivity contribution in [3.05, 3.63) is 63.7 Å². The summed E-state index contributed by atoms with van der Waals surface area (Å²) in [4.78, 5) is 37.1. The van der Waals surface area contributed by atoms with Crippen LogP contribution in [0.25, 0.3) is 0 Å². The molecule has 2 aromatic rings. The van der Waals surface area contributed by atoms with E-state index in [1.165, 1.54) is 17.0 Å². The second-order valence-corrected chi connectivity index (χ2v) is 6.94. The van der Waals surface area contributed by atoms with Gasteiger partial charge in [-0.3, -0.25) is 19.7 Å². The number of fused-ring (bicyclic) bond motifs is 1. The maximum absolute atomic E-state index is 13.1. The molecule has 2 atom stereocenters. The fourth-order valence-corrected chi connectivity index (χ4v) is 3.83. The zero-order chi connectivity index (χ0) is 20.5. The highest BCUT2D eigenvalue weighted by molar-refractivity contribution is 5.99. The lowest BCUT2D eigenvalue weighted by Gasteiger charge is -2.21. The van der Waals surface area contributed by atoms with Crippen LogP contribution in [0.2, 0.25) is 0 Å². The van der Waals surface area contributed by atoms with Crippen LogP contribution in [-0.4, -0.2) is 53.1 Å². The number of carboxylic acids is 1. The Hall–Kier alpha value is -3.62. The topological polar surface area (TPSA) is 119 Å². The fourth-order valence-electron chi connectivity index (χ4n) is 3.83. The van der Waals surface area contributed by atoms with Gasteiger partial charge in [0.2, 0.25) is 0 Å². The molecule has 2 heterocycles. The lowest BCUT2D eigenvalue weighted by molar-refractivity contribution is -0.385. The van der Waals surface area contributed by atoms with Gasteiger partial charge in [0.25, 0.3) is 11.6 Å². The zero-order valence-electron chi connectivity index (χ0n) is 15.3. The van der Waals surface area contributed by atoms with Crippen LogP contribution in [0.5, 0.6) is 11.5 Å². The normalized spacial score (nSPS) is 20.3. The quantitative estimate of drug-likeness (QED) is 0.620. The van der Waals surface area contributed by atoms with Gasteiger partial charge in [0.05, 0.1) is 16.9 Å². The van der Waals surface area contributed by atoms with Gasteiger partial charge in [0.1, 0.15) is 18.8 Å². The molecule has 2 aliphatic rings. The largest absolute Gasteiger partial charge is 0.486 e. The number of aliphatic carboxylic acids is 1. The summed E-state index contributed by atoms with van der Waals surface area (Å²) in [7, 11) is 0. The standard InChI is InChI=1S/C20H18N2O7/c23-19(13-8-17-18(29-7-6-28-17)9-16(13)22(26)27)21-10-14(15(11-21)20(24)25)12-4-2-1-3-5-12/h1-5,8-9,14-15H,6-7,10-11H2,(H,24,25). The highest BCUT2D eigenvalue weighted by Gasteiger charge is 2.42. The maximum atomic E-state index is 13.1. The van der Waals surface area contributed by atoms with Crippen LogP contribution in [0.4, 0.5) is 5.69 Å². The molecular formula is C20H18N2O7. The number of nitro benzene ring substituents is 1. The lowest BCUT2D eigenvalue weighted by Crippen LogP contribution is -2.30. The molecule has 1 N–H and O–H groups in total. The van der Waals surface area contributed by atoms with Gasteiger partial charge in [-0.2, -0.15) is 0 Å². The Morgan fingerprint density at radius 3 is 2.34 bits per heavy atom. The van der Waals surface area contributed by atoms with E-state index in [1.54, 1.807) is 0 Å². The molecule has 1 fully saturated rings. The number of hydrogen-bond donors (Lipinski definition) is 1. The van der Waals surface area contributed by atoms with E-state index in [1.807, 2.05) is 30.3 Å². The summed E-state index contributed by atoms with van der Waals surface area (Å²) >= 11 is 0. The summed E-state index contributed by atoms with van der Waals surface area (Å²) in [6, 6.07) is 11.6. The number of ether oxygens (including phenoxy) is 2. The number of benzene rings is 2. The van der Waals surface area contributed by atoms with Crippen molar-refractivity contribution in [3.8, 4) is 11.5 Å². The highest BCUT2D eigenvalue weighted by atomic mass is 16.6. The first-order chi connectivity index (χ1) is 14.0. The average molecular weight is 398 g/mol. The predicted molar refractivity (Wildman–Crippen MR) is 100 cm³/mol. The van der Waals surface area contributed by atoms with Crippen LogP contribution in [0.1, 0.15) is 21.8 Å². The van der Waals surface area contributed by atoms with Crippen molar-refractivity contribution in [2.24, 2.45) is 5.92 Å². The first kappa shape index (κ1) is 18.7. The number of nitro groups is 1. The third-order valence-corrected chi connectivity index (χ3v) is 5.24. The van der Waals surface area contributed by atoms with E-state index in [9.17, 15) is 24.8 Å². The Labute approximate surface area is 165 Å². The number of carbonyl (C=O) groups is 2. The van der Waals surface area contributed by atoms with Crippen LogP contribution < -0.4 is 9.47 Å². The van der Waals surface area contributed by atoms with Crippen molar-refractivity contribution in [1.29, 1.82) is 0 Å². The van der Waals surface area contributed by atoms with Gasteiger partial charge in [0.15, 0.2) is 11.5 Å². The molecule has 2 unspecified atom stereocenters. The fraction of sp³-hybridized carbons (Fsp3) is 0.300. The monoisotopic (exact) mass is 398 g/mol. The van der Waals surface area contributed by atoms with E-state index in [2.05, 4.69) is 0 Å². The Morgan fingerprint density at radius 1 is 1.07 bits per heavy atom. The highest BCUT2D eigenvalue weighted by Crippen LogP contribution is 2.39. The first-order valence-corrected chi connectivity index (χ1v) is 9.10. The summed E-state index contributed by atoms with van der Waals surface area (Å²) in [6.07, 6.45) is 0. The van der Waals surface area contributed by atoms with Crippen molar-refractivity contribution < 1.29 is 29.1 Å². The number of carbonyl (C=O) groups excluding carboxylic acids is 1. The molecule has 0 bridgehead atoms. The average Bonchev–Trinajstić information content (AvgIpc) is 3.18. The minimum Gasteiger partial charge on any atom is -0.486 e. The molecule has 9 nitrogen and oxygen atoms in total. The number of hydrogen-bond acceptors (Lipinski definition) is 6. The molecule has 29 heavy (non-hydrogen) atoms. The van der Waals surface area contributed by atoms with Crippen molar-refractivity contribution in [1.82, 2.24) is 4.90 Å². The van der Waals surface area contributed by atoms with E-state index in [4.69, 9.17) is 9.47 Å². The molecular weight excluding hydrogens is 380 g/mol. The van der Waals surface area contributed by atoms with Gasteiger partial charge in [0, 0.05) is 25.1 Å². The summed E-state index contributed by atoms with van der Waals surface area (Å²) in [6.45, 7) is 0.673. The molecule has 0 aliphatic carbocycles. The van der Waals surface area contributed by atoms with Crippen molar-refractivity contribution in [2.45, 2.75) is 5.92 Å². The third kappa shape index (κ3) is 3.46. The summed E-state index contributed by atoms with van der Waals surface area (Å²) in [5.41, 5.74) is 0.276. The van der Waals surface area contributed by atoms with Gasteiger partial charge in [-0.1, -0.05) is 30.3 Å². The molecule has 150 valence electrons. The van der Waals surface area contributed by atoms with Gasteiger partial charge in [-0.25, -0.2) is 0 Å². The summed E-state index contributed by atoms with van der Waals surface area (Å²) in [5.74, 6) is -2.32.